The van der Waals surface area contributed by atoms with E-state index in [0.717, 1.165) is 36.5 Å². The fourth-order valence-corrected chi connectivity index (χ4v) is 4.69. The van der Waals surface area contributed by atoms with Crippen molar-refractivity contribution in [1.82, 2.24) is 10.6 Å². The van der Waals surface area contributed by atoms with Crippen molar-refractivity contribution in [3.8, 4) is 0 Å². The largest absolute Gasteiger partial charge is 0.341 e. The summed E-state index contributed by atoms with van der Waals surface area (Å²) >= 11 is 0. The lowest BCUT2D eigenvalue weighted by Gasteiger charge is -2.26. The van der Waals surface area contributed by atoms with Crippen LogP contribution in [0.3, 0.4) is 0 Å². The fraction of sp³-hybridized carbons (Fsp3) is 0.316. The van der Waals surface area contributed by atoms with Crippen molar-refractivity contribution in [2.24, 2.45) is 0 Å². The van der Waals surface area contributed by atoms with Crippen LogP contribution in [0.1, 0.15) is 29.9 Å². The second-order valence-corrected chi connectivity index (χ2v) is 8.32. The van der Waals surface area contributed by atoms with E-state index in [-0.39, 0.29) is 21.7 Å². The summed E-state index contributed by atoms with van der Waals surface area (Å²) in [6.45, 7) is 0.503. The number of benzene rings is 2. The Hall–Kier alpha value is -2.41. The van der Waals surface area contributed by atoms with Crippen LogP contribution >= 0.6 is 0 Å². The highest BCUT2D eigenvalue weighted by Gasteiger charge is 2.24. The second kappa shape index (κ2) is 7.45. The van der Waals surface area contributed by atoms with E-state index in [2.05, 4.69) is 10.6 Å². The SMILES string of the molecule is CNC(=O)NC[C@@H]1CCCc2cc(S(=O)(=O)c3cccc(F)c3)ccc21. The Morgan fingerprint density at radius 1 is 1.19 bits per heavy atom. The van der Waals surface area contributed by atoms with Gasteiger partial charge >= 0.3 is 6.03 Å². The van der Waals surface area contributed by atoms with Gasteiger partial charge in [-0.1, -0.05) is 12.1 Å². The number of sulfone groups is 1. The molecule has 0 unspecified atom stereocenters. The average molecular weight is 376 g/mol. The first-order valence-electron chi connectivity index (χ1n) is 8.51. The predicted octanol–water partition coefficient (Wildman–Crippen LogP) is 3.01. The minimum Gasteiger partial charge on any atom is -0.341 e. The minimum absolute atomic E-state index is 0.0499. The quantitative estimate of drug-likeness (QED) is 0.861. The number of fused-ring (bicyclic) bond motifs is 1. The zero-order valence-corrected chi connectivity index (χ0v) is 15.3. The zero-order chi connectivity index (χ0) is 18.7. The first kappa shape index (κ1) is 18.4. The van der Waals surface area contributed by atoms with E-state index in [1.807, 2.05) is 6.07 Å². The number of carbonyl (C=O) groups is 1. The first-order chi connectivity index (χ1) is 12.4. The van der Waals surface area contributed by atoms with Crippen molar-refractivity contribution in [1.29, 1.82) is 0 Å². The lowest BCUT2D eigenvalue weighted by Crippen LogP contribution is -2.36. The monoisotopic (exact) mass is 376 g/mol. The molecule has 2 aromatic rings. The predicted molar refractivity (Wildman–Crippen MR) is 96.4 cm³/mol. The summed E-state index contributed by atoms with van der Waals surface area (Å²) in [6.07, 6.45) is 2.65. The van der Waals surface area contributed by atoms with Gasteiger partial charge in [0.05, 0.1) is 9.79 Å². The minimum atomic E-state index is -3.76. The van der Waals surface area contributed by atoms with Gasteiger partial charge in [-0.05, 0) is 60.7 Å². The smallest absolute Gasteiger partial charge is 0.314 e. The van der Waals surface area contributed by atoms with E-state index in [1.54, 1.807) is 19.2 Å². The Kier molecular flexibility index (Phi) is 5.27. The van der Waals surface area contributed by atoms with Gasteiger partial charge in [-0.3, -0.25) is 0 Å². The molecule has 1 aliphatic rings. The molecule has 0 saturated heterocycles. The number of amides is 2. The number of carbonyl (C=O) groups excluding carboxylic acids is 1. The number of nitrogens with one attached hydrogen (secondary N) is 2. The van der Waals surface area contributed by atoms with Crippen molar-refractivity contribution in [2.75, 3.05) is 13.6 Å². The van der Waals surface area contributed by atoms with Crippen LogP contribution in [-0.2, 0) is 16.3 Å². The molecule has 26 heavy (non-hydrogen) atoms. The molecule has 0 aromatic heterocycles. The standard InChI is InChI=1S/C19H21FN2O3S/c1-21-19(23)22-12-14-5-2-4-13-10-17(8-9-18(13)14)26(24,25)16-7-3-6-15(20)11-16/h3,6-11,14H,2,4-5,12H2,1H3,(H2,21,22,23)/t14-/m0/s1. The average Bonchev–Trinajstić information content (AvgIpc) is 2.65. The highest BCUT2D eigenvalue weighted by atomic mass is 32.2. The summed E-state index contributed by atoms with van der Waals surface area (Å²) in [5.74, 6) is -0.425. The Morgan fingerprint density at radius 2 is 1.96 bits per heavy atom. The molecule has 1 atom stereocenters. The van der Waals surface area contributed by atoms with Gasteiger partial charge in [-0.2, -0.15) is 0 Å². The van der Waals surface area contributed by atoms with Gasteiger partial charge in [0.25, 0.3) is 0 Å². The van der Waals surface area contributed by atoms with Gasteiger partial charge in [0.1, 0.15) is 5.82 Å². The van der Waals surface area contributed by atoms with Crippen molar-refractivity contribution >= 4 is 15.9 Å². The number of hydrogen-bond acceptors (Lipinski definition) is 3. The molecule has 5 nitrogen and oxygen atoms in total. The molecule has 0 radical (unpaired) electrons. The molecular formula is C19H21FN2O3S. The van der Waals surface area contributed by atoms with E-state index in [4.69, 9.17) is 0 Å². The number of halogens is 1. The molecular weight excluding hydrogens is 355 g/mol. The molecule has 2 amide bonds. The van der Waals surface area contributed by atoms with Crippen LogP contribution in [-0.4, -0.2) is 28.0 Å². The van der Waals surface area contributed by atoms with Crippen LogP contribution in [0.4, 0.5) is 9.18 Å². The van der Waals surface area contributed by atoms with Gasteiger partial charge < -0.3 is 10.6 Å². The van der Waals surface area contributed by atoms with Gasteiger partial charge in [0.2, 0.25) is 9.84 Å². The number of urea groups is 1. The van der Waals surface area contributed by atoms with Crippen LogP contribution in [0.25, 0.3) is 0 Å². The maximum absolute atomic E-state index is 13.4. The number of hydrogen-bond donors (Lipinski definition) is 2. The number of rotatable bonds is 4. The Labute approximate surface area is 152 Å². The molecule has 2 N–H and O–H groups in total. The maximum atomic E-state index is 13.4. The highest BCUT2D eigenvalue weighted by Crippen LogP contribution is 2.34. The molecule has 2 aromatic carbocycles. The van der Waals surface area contributed by atoms with E-state index in [1.165, 1.54) is 18.2 Å². The first-order valence-corrected chi connectivity index (χ1v) is 9.99. The van der Waals surface area contributed by atoms with Crippen LogP contribution in [0, 0.1) is 5.82 Å². The van der Waals surface area contributed by atoms with Crippen LogP contribution in [0.15, 0.2) is 52.3 Å². The Balaban J connectivity index is 1.90. The van der Waals surface area contributed by atoms with Gasteiger partial charge in [-0.25, -0.2) is 17.6 Å². The van der Waals surface area contributed by atoms with E-state index >= 15 is 0 Å². The Bertz CT molecular complexity index is 928. The maximum Gasteiger partial charge on any atom is 0.314 e. The highest BCUT2D eigenvalue weighted by molar-refractivity contribution is 7.91. The van der Waals surface area contributed by atoms with Crippen molar-refractivity contribution in [2.45, 2.75) is 35.0 Å². The normalized spacial score (nSPS) is 16.6. The summed E-state index contributed by atoms with van der Waals surface area (Å²) in [6, 6.07) is 9.87. The summed E-state index contributed by atoms with van der Waals surface area (Å²) < 4.78 is 39.0. The summed E-state index contributed by atoms with van der Waals surface area (Å²) in [7, 11) is -2.20. The molecule has 0 bridgehead atoms. The van der Waals surface area contributed by atoms with Crippen molar-refractivity contribution < 1.29 is 17.6 Å². The van der Waals surface area contributed by atoms with Crippen LogP contribution in [0.2, 0.25) is 0 Å². The summed E-state index contributed by atoms with van der Waals surface area (Å²) in [5.41, 5.74) is 2.03. The van der Waals surface area contributed by atoms with Gasteiger partial charge in [0.15, 0.2) is 0 Å². The van der Waals surface area contributed by atoms with E-state index in [9.17, 15) is 17.6 Å². The molecule has 1 aliphatic carbocycles. The van der Waals surface area contributed by atoms with Crippen LogP contribution < -0.4 is 10.6 Å². The molecule has 0 spiro atoms. The molecule has 3 rings (SSSR count). The molecule has 0 saturated carbocycles. The molecule has 0 heterocycles. The molecule has 0 aliphatic heterocycles. The molecule has 138 valence electrons. The molecule has 7 heteroatoms. The fourth-order valence-electron chi connectivity index (χ4n) is 3.35. The van der Waals surface area contributed by atoms with Crippen molar-refractivity contribution in [3.05, 3.63) is 59.4 Å². The summed E-state index contributed by atoms with van der Waals surface area (Å²) in [5, 5.41) is 5.33. The second-order valence-electron chi connectivity index (χ2n) is 6.37. The van der Waals surface area contributed by atoms with E-state index < -0.39 is 15.7 Å². The van der Waals surface area contributed by atoms with E-state index in [0.29, 0.717) is 6.54 Å². The lowest BCUT2D eigenvalue weighted by molar-refractivity contribution is 0.242. The lowest BCUT2D eigenvalue weighted by atomic mass is 9.83. The topological polar surface area (TPSA) is 75.3 Å². The van der Waals surface area contributed by atoms with Gasteiger partial charge in [0, 0.05) is 19.5 Å². The summed E-state index contributed by atoms with van der Waals surface area (Å²) in [4.78, 5) is 11.5. The molecule has 0 fully saturated rings. The van der Waals surface area contributed by atoms with Gasteiger partial charge in [-0.15, -0.1) is 0 Å². The Morgan fingerprint density at radius 3 is 2.69 bits per heavy atom. The number of aryl methyl sites for hydroxylation is 1. The zero-order valence-electron chi connectivity index (χ0n) is 14.5. The third kappa shape index (κ3) is 3.72. The van der Waals surface area contributed by atoms with Crippen LogP contribution in [0.5, 0.6) is 0 Å². The third-order valence-corrected chi connectivity index (χ3v) is 6.45. The van der Waals surface area contributed by atoms with Crippen molar-refractivity contribution in [3.63, 3.8) is 0 Å². The third-order valence-electron chi connectivity index (χ3n) is 4.71.